The predicted molar refractivity (Wildman–Crippen MR) is 147 cm³/mol. The minimum absolute atomic E-state index is 0.0571. The van der Waals surface area contributed by atoms with E-state index in [1.807, 2.05) is 11.8 Å². The van der Waals surface area contributed by atoms with Crippen LogP contribution in [0, 0.1) is 24.2 Å². The number of amides is 1. The zero-order valence-corrected chi connectivity index (χ0v) is 22.7. The van der Waals surface area contributed by atoms with Crippen LogP contribution in [0.15, 0.2) is 22.4 Å². The molecule has 0 spiro atoms. The number of esters is 1. The van der Waals surface area contributed by atoms with Gasteiger partial charge in [0.2, 0.25) is 0 Å². The molecular formula is C26H32N4O4S2. The number of nitriles is 1. The Kier molecular flexibility index (Phi) is 9.51. The van der Waals surface area contributed by atoms with Gasteiger partial charge in [0.15, 0.2) is 0 Å². The minimum atomic E-state index is -0.354. The second-order valence-electron chi connectivity index (χ2n) is 8.78. The molecule has 3 rings (SSSR count). The summed E-state index contributed by atoms with van der Waals surface area (Å²) in [5.74, 6) is -0.166. The van der Waals surface area contributed by atoms with Crippen LogP contribution in [-0.4, -0.2) is 51.9 Å². The molecule has 1 amide bonds. The van der Waals surface area contributed by atoms with Crippen molar-refractivity contribution in [3.63, 3.8) is 0 Å². The zero-order chi connectivity index (χ0) is 26.4. The van der Waals surface area contributed by atoms with Crippen LogP contribution in [0.1, 0.15) is 56.2 Å². The number of aromatic nitrogens is 1. The van der Waals surface area contributed by atoms with Crippen molar-refractivity contribution in [2.75, 3.05) is 31.1 Å². The summed E-state index contributed by atoms with van der Waals surface area (Å²) in [5.41, 5.74) is 0.845. The SMILES string of the molecule is C=CCN1C(=O)C(=Cc2c(C)c(C#N)c(=O)n(CCCC)c2N2CCCC(C(=O)OCC)C2)SC1=S. The Balaban J connectivity index is 2.21. The van der Waals surface area contributed by atoms with Gasteiger partial charge < -0.3 is 9.64 Å². The fourth-order valence-electron chi connectivity index (χ4n) is 4.55. The summed E-state index contributed by atoms with van der Waals surface area (Å²) < 4.78 is 7.35. The molecular weight excluding hydrogens is 496 g/mol. The molecule has 0 aliphatic carbocycles. The highest BCUT2D eigenvalue weighted by Crippen LogP contribution is 2.37. The number of thioether (sulfide) groups is 1. The first-order valence-corrected chi connectivity index (χ1v) is 13.5. The van der Waals surface area contributed by atoms with E-state index in [0.717, 1.165) is 19.3 Å². The summed E-state index contributed by atoms with van der Waals surface area (Å²) in [6.07, 6.45) is 6.43. The number of thiocarbonyl (C=S) groups is 1. The van der Waals surface area contributed by atoms with E-state index >= 15 is 0 Å². The lowest BCUT2D eigenvalue weighted by atomic mass is 9.96. The molecule has 192 valence electrons. The van der Waals surface area contributed by atoms with Gasteiger partial charge in [-0.3, -0.25) is 23.9 Å². The quantitative estimate of drug-likeness (QED) is 0.205. The number of nitrogens with zero attached hydrogens (tertiary/aromatic N) is 4. The minimum Gasteiger partial charge on any atom is -0.466 e. The fourth-order valence-corrected chi connectivity index (χ4v) is 5.80. The standard InChI is InChI=1S/C26H32N4O4S2/c1-5-8-13-29-22(28-12-9-10-18(16-28)25(33)34-7-3)19(17(4)20(15-27)23(29)31)14-21-24(32)30(11-6-2)26(35)36-21/h6,14,18H,2,5,7-13,16H2,1,3-4H3. The van der Waals surface area contributed by atoms with E-state index in [1.165, 1.54) is 16.7 Å². The summed E-state index contributed by atoms with van der Waals surface area (Å²) in [4.78, 5) is 43.0. The average Bonchev–Trinajstić information content (AvgIpc) is 3.13. The number of rotatable bonds is 9. The molecule has 0 bridgehead atoms. The van der Waals surface area contributed by atoms with E-state index in [9.17, 15) is 19.6 Å². The highest BCUT2D eigenvalue weighted by atomic mass is 32.2. The second kappa shape index (κ2) is 12.4. The van der Waals surface area contributed by atoms with Crippen molar-refractivity contribution in [2.24, 2.45) is 5.92 Å². The lowest BCUT2D eigenvalue weighted by Gasteiger charge is -2.36. The summed E-state index contributed by atoms with van der Waals surface area (Å²) >= 11 is 6.59. The molecule has 1 aromatic heterocycles. The Hall–Kier alpha value is -2.90. The lowest BCUT2D eigenvalue weighted by molar-refractivity contribution is -0.148. The Morgan fingerprint density at radius 3 is 2.75 bits per heavy atom. The van der Waals surface area contributed by atoms with E-state index in [-0.39, 0.29) is 28.9 Å². The maximum absolute atomic E-state index is 13.4. The van der Waals surface area contributed by atoms with Crippen molar-refractivity contribution in [3.8, 4) is 6.07 Å². The number of pyridine rings is 1. The lowest BCUT2D eigenvalue weighted by Crippen LogP contribution is -2.43. The first-order chi connectivity index (χ1) is 17.3. The molecule has 1 atom stereocenters. The van der Waals surface area contributed by atoms with Gasteiger partial charge >= 0.3 is 5.97 Å². The molecule has 10 heteroatoms. The van der Waals surface area contributed by atoms with Crippen LogP contribution >= 0.6 is 24.0 Å². The highest BCUT2D eigenvalue weighted by Gasteiger charge is 2.34. The molecule has 2 fully saturated rings. The smallest absolute Gasteiger partial charge is 0.310 e. The number of carbonyl (C=O) groups is 2. The molecule has 1 aromatic rings. The number of piperidine rings is 1. The van der Waals surface area contributed by atoms with Crippen molar-refractivity contribution in [2.45, 2.75) is 53.0 Å². The van der Waals surface area contributed by atoms with Gasteiger partial charge in [0, 0.05) is 31.7 Å². The van der Waals surface area contributed by atoms with Crippen LogP contribution in [0.5, 0.6) is 0 Å². The molecule has 0 N–H and O–H groups in total. The second-order valence-corrected chi connectivity index (χ2v) is 10.5. The maximum Gasteiger partial charge on any atom is 0.310 e. The number of hydrogen-bond acceptors (Lipinski definition) is 8. The number of unbranched alkanes of at least 4 members (excludes halogenated alkanes) is 1. The Morgan fingerprint density at radius 1 is 1.36 bits per heavy atom. The van der Waals surface area contributed by atoms with Crippen LogP contribution < -0.4 is 10.5 Å². The van der Waals surface area contributed by atoms with Crippen molar-refractivity contribution in [3.05, 3.63) is 44.6 Å². The van der Waals surface area contributed by atoms with Crippen LogP contribution in [0.4, 0.5) is 5.82 Å². The van der Waals surface area contributed by atoms with Gasteiger partial charge in [0.05, 0.1) is 17.4 Å². The van der Waals surface area contributed by atoms with Crippen LogP contribution in [-0.2, 0) is 20.9 Å². The summed E-state index contributed by atoms with van der Waals surface area (Å²) in [7, 11) is 0. The average molecular weight is 529 g/mol. The normalized spacial score (nSPS) is 19.1. The van der Waals surface area contributed by atoms with E-state index < -0.39 is 0 Å². The number of ether oxygens (including phenoxy) is 1. The molecule has 2 aliphatic heterocycles. The van der Waals surface area contributed by atoms with E-state index in [4.69, 9.17) is 17.0 Å². The Labute approximate surface area is 221 Å². The summed E-state index contributed by atoms with van der Waals surface area (Å²) in [6, 6.07) is 2.07. The molecule has 0 radical (unpaired) electrons. The highest BCUT2D eigenvalue weighted by molar-refractivity contribution is 8.26. The van der Waals surface area contributed by atoms with Gasteiger partial charge in [0.25, 0.3) is 11.5 Å². The Bertz CT molecular complexity index is 1200. The third-order valence-corrected chi connectivity index (χ3v) is 7.76. The number of carbonyl (C=O) groups excluding carboxylic acids is 2. The topological polar surface area (TPSA) is 95.6 Å². The van der Waals surface area contributed by atoms with Crippen molar-refractivity contribution >= 4 is 52.1 Å². The Morgan fingerprint density at radius 2 is 2.11 bits per heavy atom. The van der Waals surface area contributed by atoms with Crippen molar-refractivity contribution < 1.29 is 14.3 Å². The van der Waals surface area contributed by atoms with E-state index in [0.29, 0.717) is 65.4 Å². The van der Waals surface area contributed by atoms with Gasteiger partial charge in [-0.15, -0.1) is 6.58 Å². The summed E-state index contributed by atoms with van der Waals surface area (Å²) in [5, 5.41) is 9.84. The van der Waals surface area contributed by atoms with E-state index in [1.54, 1.807) is 30.6 Å². The third kappa shape index (κ3) is 5.57. The van der Waals surface area contributed by atoms with Gasteiger partial charge in [-0.05, 0) is 44.7 Å². The van der Waals surface area contributed by atoms with Crippen LogP contribution in [0.2, 0.25) is 0 Å². The molecule has 0 saturated carbocycles. The van der Waals surface area contributed by atoms with Crippen molar-refractivity contribution in [1.82, 2.24) is 9.47 Å². The monoisotopic (exact) mass is 528 g/mol. The maximum atomic E-state index is 13.4. The number of hydrogen-bond donors (Lipinski definition) is 0. The fraction of sp³-hybridized carbons (Fsp3) is 0.500. The number of anilines is 1. The first-order valence-electron chi connectivity index (χ1n) is 12.2. The van der Waals surface area contributed by atoms with Gasteiger partial charge in [0.1, 0.15) is 21.8 Å². The molecule has 0 aromatic carbocycles. The van der Waals surface area contributed by atoms with Gasteiger partial charge in [-0.2, -0.15) is 5.26 Å². The molecule has 2 aliphatic rings. The van der Waals surface area contributed by atoms with Crippen molar-refractivity contribution in [1.29, 1.82) is 5.26 Å². The first kappa shape index (κ1) is 27.7. The molecule has 1 unspecified atom stereocenters. The van der Waals surface area contributed by atoms with Gasteiger partial charge in [-0.1, -0.05) is 43.4 Å². The van der Waals surface area contributed by atoms with Gasteiger partial charge in [-0.25, -0.2) is 0 Å². The molecule has 8 nitrogen and oxygen atoms in total. The van der Waals surface area contributed by atoms with E-state index in [2.05, 4.69) is 12.6 Å². The van der Waals surface area contributed by atoms with Crippen LogP contribution in [0.25, 0.3) is 6.08 Å². The largest absolute Gasteiger partial charge is 0.466 e. The van der Waals surface area contributed by atoms with Crippen LogP contribution in [0.3, 0.4) is 0 Å². The molecule has 36 heavy (non-hydrogen) atoms. The zero-order valence-electron chi connectivity index (χ0n) is 21.0. The predicted octanol–water partition coefficient (Wildman–Crippen LogP) is 4.00. The molecule has 3 heterocycles. The summed E-state index contributed by atoms with van der Waals surface area (Å²) in [6.45, 7) is 11.3. The molecule has 2 saturated heterocycles. The third-order valence-electron chi connectivity index (χ3n) is 6.38.